The van der Waals surface area contributed by atoms with Crippen molar-refractivity contribution in [3.05, 3.63) is 64.7 Å². The maximum absolute atomic E-state index is 12.6. The van der Waals surface area contributed by atoms with Crippen molar-refractivity contribution in [1.82, 2.24) is 29.1 Å². The summed E-state index contributed by atoms with van der Waals surface area (Å²) >= 11 is 1.49. The number of para-hydroxylation sites is 2. The minimum atomic E-state index is -0.0853. The predicted octanol–water partition coefficient (Wildman–Crippen LogP) is 3.25. The van der Waals surface area contributed by atoms with E-state index in [1.807, 2.05) is 59.9 Å². The van der Waals surface area contributed by atoms with Gasteiger partial charge in [-0.25, -0.2) is 9.97 Å². The fourth-order valence-electron chi connectivity index (χ4n) is 3.54. The van der Waals surface area contributed by atoms with Crippen molar-refractivity contribution in [3.63, 3.8) is 0 Å². The molecule has 0 aliphatic heterocycles. The molecule has 0 saturated carbocycles. The van der Waals surface area contributed by atoms with Crippen LogP contribution in [0.25, 0.3) is 27.6 Å². The third kappa shape index (κ3) is 2.98. The van der Waals surface area contributed by atoms with E-state index in [9.17, 15) is 4.79 Å². The molecule has 0 bridgehead atoms. The third-order valence-electron chi connectivity index (χ3n) is 4.95. The average Bonchev–Trinajstić information content (AvgIpc) is 3.20. The number of fused-ring (bicyclic) bond motifs is 4. The maximum atomic E-state index is 12.6. The van der Waals surface area contributed by atoms with E-state index in [0.717, 1.165) is 34.6 Å². The van der Waals surface area contributed by atoms with Gasteiger partial charge in [0.1, 0.15) is 11.6 Å². The zero-order valence-electron chi connectivity index (χ0n) is 16.5. The Morgan fingerprint density at radius 2 is 1.77 bits per heavy atom. The standard InChI is InChI=1S/C21H19N7OS/c1-3-22-18-13-8-4-6-10-15(13)23-20(24-18)30-12-17-25-26-21-27(2)19(29)14-9-5-7-11-16(14)28(17)21/h4-11H,3,12H2,1-2H3,(H,22,23,24). The van der Waals surface area contributed by atoms with Crippen molar-refractivity contribution in [2.75, 3.05) is 11.9 Å². The lowest BCUT2D eigenvalue weighted by atomic mass is 10.2. The van der Waals surface area contributed by atoms with Gasteiger partial charge in [0.05, 0.1) is 22.2 Å². The molecule has 0 saturated heterocycles. The number of aryl methyl sites for hydroxylation is 1. The molecule has 5 rings (SSSR count). The first-order valence-corrected chi connectivity index (χ1v) is 10.6. The van der Waals surface area contributed by atoms with E-state index >= 15 is 0 Å². The van der Waals surface area contributed by atoms with Crippen molar-refractivity contribution in [2.24, 2.45) is 7.05 Å². The predicted molar refractivity (Wildman–Crippen MR) is 119 cm³/mol. The van der Waals surface area contributed by atoms with E-state index in [4.69, 9.17) is 9.97 Å². The molecule has 0 atom stereocenters. The first-order chi connectivity index (χ1) is 14.7. The van der Waals surface area contributed by atoms with Gasteiger partial charge in [-0.3, -0.25) is 13.8 Å². The van der Waals surface area contributed by atoms with E-state index in [0.29, 0.717) is 22.1 Å². The molecule has 0 amide bonds. The number of nitrogens with zero attached hydrogens (tertiary/aromatic N) is 6. The summed E-state index contributed by atoms with van der Waals surface area (Å²) in [5.74, 6) is 2.60. The molecule has 0 unspecified atom stereocenters. The molecule has 3 aromatic heterocycles. The summed E-state index contributed by atoms with van der Waals surface area (Å²) in [7, 11) is 1.71. The molecule has 8 nitrogen and oxygen atoms in total. The van der Waals surface area contributed by atoms with Gasteiger partial charge in [-0.2, -0.15) is 0 Å². The third-order valence-corrected chi connectivity index (χ3v) is 5.79. The summed E-state index contributed by atoms with van der Waals surface area (Å²) in [5, 5.41) is 14.2. The molecule has 150 valence electrons. The molecule has 0 radical (unpaired) electrons. The fourth-order valence-corrected chi connectivity index (χ4v) is 4.30. The molecule has 0 spiro atoms. The Bertz CT molecular complexity index is 1460. The van der Waals surface area contributed by atoms with Crippen LogP contribution in [-0.4, -0.2) is 35.7 Å². The summed E-state index contributed by atoms with van der Waals surface area (Å²) < 4.78 is 3.45. The lowest BCUT2D eigenvalue weighted by Gasteiger charge is -2.09. The minimum Gasteiger partial charge on any atom is -0.370 e. The summed E-state index contributed by atoms with van der Waals surface area (Å²) in [6.07, 6.45) is 0. The molecule has 9 heteroatoms. The molecule has 0 aliphatic rings. The summed E-state index contributed by atoms with van der Waals surface area (Å²) in [4.78, 5) is 22.0. The first-order valence-electron chi connectivity index (χ1n) is 9.62. The van der Waals surface area contributed by atoms with Crippen LogP contribution in [0.2, 0.25) is 0 Å². The number of benzene rings is 2. The summed E-state index contributed by atoms with van der Waals surface area (Å²) in [6, 6.07) is 15.5. The molecule has 0 aliphatic carbocycles. The number of hydrogen-bond donors (Lipinski definition) is 1. The second-order valence-electron chi connectivity index (χ2n) is 6.82. The van der Waals surface area contributed by atoms with E-state index in [1.54, 1.807) is 7.05 Å². The topological polar surface area (TPSA) is 90.0 Å². The molecular weight excluding hydrogens is 398 g/mol. The quantitative estimate of drug-likeness (QED) is 0.347. The molecule has 30 heavy (non-hydrogen) atoms. The zero-order chi connectivity index (χ0) is 20.7. The second-order valence-corrected chi connectivity index (χ2v) is 7.77. The van der Waals surface area contributed by atoms with Gasteiger partial charge in [0.2, 0.25) is 5.78 Å². The van der Waals surface area contributed by atoms with Gasteiger partial charge in [0.15, 0.2) is 5.16 Å². The van der Waals surface area contributed by atoms with Crippen LogP contribution >= 0.6 is 11.8 Å². The molecule has 3 heterocycles. The number of hydrogen-bond acceptors (Lipinski definition) is 7. The van der Waals surface area contributed by atoms with Crippen molar-refractivity contribution < 1.29 is 0 Å². The molecular formula is C21H19N7OS. The monoisotopic (exact) mass is 417 g/mol. The van der Waals surface area contributed by atoms with Gasteiger partial charge in [0, 0.05) is 19.0 Å². The van der Waals surface area contributed by atoms with E-state index < -0.39 is 0 Å². The largest absolute Gasteiger partial charge is 0.370 e. The van der Waals surface area contributed by atoms with E-state index in [1.165, 1.54) is 16.3 Å². The highest BCUT2D eigenvalue weighted by Gasteiger charge is 2.15. The Balaban J connectivity index is 1.57. The first kappa shape index (κ1) is 18.6. The van der Waals surface area contributed by atoms with Crippen LogP contribution < -0.4 is 10.9 Å². The van der Waals surface area contributed by atoms with Gasteiger partial charge >= 0.3 is 0 Å². The Kier molecular flexibility index (Phi) is 4.59. The van der Waals surface area contributed by atoms with Gasteiger partial charge in [-0.1, -0.05) is 36.0 Å². The van der Waals surface area contributed by atoms with Crippen molar-refractivity contribution >= 4 is 45.2 Å². The number of thioether (sulfide) groups is 1. The number of rotatable bonds is 5. The Morgan fingerprint density at radius 3 is 2.60 bits per heavy atom. The zero-order valence-corrected chi connectivity index (χ0v) is 17.3. The van der Waals surface area contributed by atoms with Crippen LogP contribution in [0.15, 0.2) is 58.5 Å². The normalized spacial score (nSPS) is 11.5. The highest BCUT2D eigenvalue weighted by atomic mass is 32.2. The summed E-state index contributed by atoms with van der Waals surface area (Å²) in [6.45, 7) is 2.82. The van der Waals surface area contributed by atoms with Gasteiger partial charge in [0.25, 0.3) is 5.56 Å². The highest BCUT2D eigenvalue weighted by molar-refractivity contribution is 7.98. The highest BCUT2D eigenvalue weighted by Crippen LogP contribution is 2.26. The maximum Gasteiger partial charge on any atom is 0.262 e. The van der Waals surface area contributed by atoms with Crippen LogP contribution in [0, 0.1) is 0 Å². The lowest BCUT2D eigenvalue weighted by molar-refractivity contribution is 0.857. The van der Waals surface area contributed by atoms with Gasteiger partial charge in [-0.15, -0.1) is 10.2 Å². The SMILES string of the molecule is CCNc1nc(SCc2nnc3n(C)c(=O)c4ccccc4n23)nc2ccccc12. The molecule has 0 fully saturated rings. The molecule has 2 aromatic carbocycles. The lowest BCUT2D eigenvalue weighted by Crippen LogP contribution is -2.20. The Hall–Kier alpha value is -3.46. The van der Waals surface area contributed by atoms with Crippen molar-refractivity contribution in [1.29, 1.82) is 0 Å². The Morgan fingerprint density at radius 1 is 1.00 bits per heavy atom. The fraction of sp³-hybridized carbons (Fsp3) is 0.190. The molecule has 5 aromatic rings. The van der Waals surface area contributed by atoms with Gasteiger partial charge in [-0.05, 0) is 31.2 Å². The van der Waals surface area contributed by atoms with Crippen LogP contribution in [0.1, 0.15) is 12.7 Å². The van der Waals surface area contributed by atoms with Gasteiger partial charge < -0.3 is 5.32 Å². The van der Waals surface area contributed by atoms with E-state index in [2.05, 4.69) is 15.5 Å². The van der Waals surface area contributed by atoms with Crippen molar-refractivity contribution in [3.8, 4) is 0 Å². The summed E-state index contributed by atoms with van der Waals surface area (Å²) in [5.41, 5.74) is 1.60. The van der Waals surface area contributed by atoms with E-state index in [-0.39, 0.29) is 5.56 Å². The Labute approximate surface area is 176 Å². The van der Waals surface area contributed by atoms with Crippen LogP contribution in [0.4, 0.5) is 5.82 Å². The average molecular weight is 417 g/mol. The van der Waals surface area contributed by atoms with Crippen LogP contribution in [-0.2, 0) is 12.8 Å². The van der Waals surface area contributed by atoms with Crippen LogP contribution in [0.3, 0.4) is 0 Å². The smallest absolute Gasteiger partial charge is 0.262 e. The number of anilines is 1. The number of nitrogens with one attached hydrogen (secondary N) is 1. The minimum absolute atomic E-state index is 0.0853. The number of aromatic nitrogens is 6. The second kappa shape index (κ2) is 7.42. The van der Waals surface area contributed by atoms with Crippen LogP contribution in [0.5, 0.6) is 0 Å². The molecule has 1 N–H and O–H groups in total. The van der Waals surface area contributed by atoms with Crippen molar-refractivity contribution in [2.45, 2.75) is 17.8 Å².